The summed E-state index contributed by atoms with van der Waals surface area (Å²) in [5.41, 5.74) is 10.1. The van der Waals surface area contributed by atoms with Gasteiger partial charge in [0.15, 0.2) is 0 Å². The second-order valence-electron chi connectivity index (χ2n) is 4.12. The van der Waals surface area contributed by atoms with E-state index in [9.17, 15) is 0 Å². The van der Waals surface area contributed by atoms with Crippen LogP contribution in [-0.4, -0.2) is 6.54 Å². The summed E-state index contributed by atoms with van der Waals surface area (Å²) in [6, 6.07) is 6.80. The van der Waals surface area contributed by atoms with Crippen molar-refractivity contribution < 1.29 is 0 Å². The van der Waals surface area contributed by atoms with Crippen LogP contribution in [0.5, 0.6) is 0 Å². The highest BCUT2D eigenvalue weighted by molar-refractivity contribution is 5.33. The highest BCUT2D eigenvalue weighted by Gasteiger charge is 2.16. The number of hydrogen-bond acceptors (Lipinski definition) is 1. The zero-order valence-corrected chi connectivity index (χ0v) is 8.22. The summed E-state index contributed by atoms with van der Waals surface area (Å²) in [7, 11) is 0. The van der Waals surface area contributed by atoms with Gasteiger partial charge in [-0.2, -0.15) is 0 Å². The molecule has 1 aliphatic rings. The van der Waals surface area contributed by atoms with Crippen LogP contribution in [0.3, 0.4) is 0 Å². The minimum absolute atomic E-state index is 0.717. The third kappa shape index (κ3) is 1.75. The first-order valence-electron chi connectivity index (χ1n) is 5.08. The third-order valence-electron chi connectivity index (χ3n) is 3.03. The Bertz CT molecular complexity index is 304. The van der Waals surface area contributed by atoms with Crippen molar-refractivity contribution in [3.8, 4) is 0 Å². The molecule has 13 heavy (non-hydrogen) atoms. The van der Waals surface area contributed by atoms with E-state index < -0.39 is 0 Å². The zero-order chi connectivity index (χ0) is 9.26. The number of aryl methyl sites for hydroxylation is 2. The van der Waals surface area contributed by atoms with Crippen molar-refractivity contribution >= 4 is 0 Å². The number of benzene rings is 1. The van der Waals surface area contributed by atoms with Gasteiger partial charge in [0, 0.05) is 0 Å². The summed E-state index contributed by atoms with van der Waals surface area (Å²) in [5.74, 6) is 0.717. The Balaban J connectivity index is 2.27. The van der Waals surface area contributed by atoms with Gasteiger partial charge in [-0.1, -0.05) is 23.8 Å². The lowest BCUT2D eigenvalue weighted by Crippen LogP contribution is -2.22. The molecule has 0 saturated heterocycles. The van der Waals surface area contributed by atoms with E-state index in [-0.39, 0.29) is 0 Å². The van der Waals surface area contributed by atoms with Gasteiger partial charge in [-0.25, -0.2) is 0 Å². The van der Waals surface area contributed by atoms with E-state index in [0.717, 1.165) is 6.54 Å². The first-order chi connectivity index (χ1) is 6.29. The van der Waals surface area contributed by atoms with E-state index in [1.54, 1.807) is 0 Å². The maximum absolute atomic E-state index is 5.70. The van der Waals surface area contributed by atoms with Crippen molar-refractivity contribution in [2.24, 2.45) is 11.7 Å². The summed E-state index contributed by atoms with van der Waals surface area (Å²) < 4.78 is 0. The van der Waals surface area contributed by atoms with Crippen LogP contribution in [0.2, 0.25) is 0 Å². The molecule has 0 aliphatic heterocycles. The highest BCUT2D eigenvalue weighted by Crippen LogP contribution is 2.25. The van der Waals surface area contributed by atoms with Crippen LogP contribution < -0.4 is 5.73 Å². The topological polar surface area (TPSA) is 26.0 Å². The van der Waals surface area contributed by atoms with Gasteiger partial charge in [-0.05, 0) is 49.8 Å². The van der Waals surface area contributed by atoms with Gasteiger partial charge in [-0.3, -0.25) is 0 Å². The van der Waals surface area contributed by atoms with Crippen LogP contribution in [0.1, 0.15) is 23.1 Å². The second-order valence-corrected chi connectivity index (χ2v) is 4.12. The summed E-state index contributed by atoms with van der Waals surface area (Å²) in [6.45, 7) is 3.00. The van der Waals surface area contributed by atoms with Crippen LogP contribution in [0.4, 0.5) is 0 Å². The van der Waals surface area contributed by atoms with Gasteiger partial charge in [0.25, 0.3) is 0 Å². The molecule has 0 aromatic heterocycles. The van der Waals surface area contributed by atoms with Crippen molar-refractivity contribution in [1.82, 2.24) is 0 Å². The number of rotatable bonds is 1. The van der Waals surface area contributed by atoms with Crippen LogP contribution in [0, 0.1) is 12.8 Å². The molecule has 70 valence electrons. The quantitative estimate of drug-likeness (QED) is 0.694. The first-order valence-corrected chi connectivity index (χ1v) is 5.08. The van der Waals surface area contributed by atoms with Crippen LogP contribution in [-0.2, 0) is 12.8 Å². The van der Waals surface area contributed by atoms with Crippen molar-refractivity contribution in [1.29, 1.82) is 0 Å². The van der Waals surface area contributed by atoms with E-state index >= 15 is 0 Å². The summed E-state index contributed by atoms with van der Waals surface area (Å²) in [6.07, 6.45) is 3.68. The van der Waals surface area contributed by atoms with E-state index in [0.29, 0.717) is 5.92 Å². The second kappa shape index (κ2) is 3.51. The van der Waals surface area contributed by atoms with Crippen LogP contribution >= 0.6 is 0 Å². The normalized spacial score (nSPS) is 21.2. The molecule has 0 fully saturated rings. The highest BCUT2D eigenvalue weighted by atomic mass is 14.5. The van der Waals surface area contributed by atoms with Gasteiger partial charge in [0.1, 0.15) is 0 Å². The average molecular weight is 175 g/mol. The molecule has 1 nitrogen and oxygen atoms in total. The van der Waals surface area contributed by atoms with E-state index in [1.165, 1.54) is 36.0 Å². The fraction of sp³-hybridized carbons (Fsp3) is 0.500. The average Bonchev–Trinajstić information content (AvgIpc) is 2.16. The van der Waals surface area contributed by atoms with Gasteiger partial charge >= 0.3 is 0 Å². The standard InChI is InChI=1S/C12H17N/c1-9-2-4-11-5-3-10(8-13)7-12(11)6-9/h2,4,6,10H,3,5,7-8,13H2,1H3. The molecule has 1 aromatic rings. The maximum Gasteiger partial charge on any atom is -0.00456 e. The molecule has 0 bridgehead atoms. The molecule has 1 heteroatoms. The number of nitrogens with two attached hydrogens (primary N) is 1. The molecule has 2 N–H and O–H groups in total. The molecule has 1 unspecified atom stereocenters. The van der Waals surface area contributed by atoms with E-state index in [2.05, 4.69) is 25.1 Å². The molecule has 1 aliphatic carbocycles. The lowest BCUT2D eigenvalue weighted by atomic mass is 9.83. The molecule has 0 radical (unpaired) electrons. The fourth-order valence-corrected chi connectivity index (χ4v) is 2.16. The fourth-order valence-electron chi connectivity index (χ4n) is 2.16. The smallest absolute Gasteiger partial charge is 0.00456 e. The number of fused-ring (bicyclic) bond motifs is 1. The predicted octanol–water partition coefficient (Wildman–Crippen LogP) is 2.06. The van der Waals surface area contributed by atoms with Gasteiger partial charge < -0.3 is 5.73 Å². The minimum atomic E-state index is 0.717. The third-order valence-corrected chi connectivity index (χ3v) is 3.03. The Kier molecular flexibility index (Phi) is 2.36. The molecule has 2 rings (SSSR count). The Morgan fingerprint density at radius 2 is 2.23 bits per heavy atom. The number of hydrogen-bond donors (Lipinski definition) is 1. The van der Waals surface area contributed by atoms with Gasteiger partial charge in [-0.15, -0.1) is 0 Å². The van der Waals surface area contributed by atoms with Crippen LogP contribution in [0.15, 0.2) is 18.2 Å². The maximum atomic E-state index is 5.70. The Hall–Kier alpha value is -0.820. The molecule has 1 atom stereocenters. The Morgan fingerprint density at radius 1 is 1.38 bits per heavy atom. The Morgan fingerprint density at radius 3 is 3.00 bits per heavy atom. The molecule has 1 aromatic carbocycles. The molecule has 0 saturated carbocycles. The first kappa shape index (κ1) is 8.76. The van der Waals surface area contributed by atoms with Crippen molar-refractivity contribution in [2.45, 2.75) is 26.2 Å². The SMILES string of the molecule is Cc1ccc2c(c1)CC(CN)CC2. The van der Waals surface area contributed by atoms with Gasteiger partial charge in [0.2, 0.25) is 0 Å². The summed E-state index contributed by atoms with van der Waals surface area (Å²) >= 11 is 0. The molecule has 0 spiro atoms. The minimum Gasteiger partial charge on any atom is -0.330 e. The lowest BCUT2D eigenvalue weighted by Gasteiger charge is -2.23. The van der Waals surface area contributed by atoms with Crippen molar-refractivity contribution in [3.63, 3.8) is 0 Å². The summed E-state index contributed by atoms with van der Waals surface area (Å²) in [4.78, 5) is 0. The largest absolute Gasteiger partial charge is 0.330 e. The van der Waals surface area contributed by atoms with E-state index in [4.69, 9.17) is 5.73 Å². The monoisotopic (exact) mass is 175 g/mol. The van der Waals surface area contributed by atoms with Crippen molar-refractivity contribution in [2.75, 3.05) is 6.54 Å². The van der Waals surface area contributed by atoms with E-state index in [1.807, 2.05) is 0 Å². The lowest BCUT2D eigenvalue weighted by molar-refractivity contribution is 0.469. The summed E-state index contributed by atoms with van der Waals surface area (Å²) in [5, 5.41) is 0. The molecular formula is C12H17N. The molecule has 0 heterocycles. The Labute approximate surface area is 80.0 Å². The molecular weight excluding hydrogens is 158 g/mol. The van der Waals surface area contributed by atoms with Gasteiger partial charge in [0.05, 0.1) is 0 Å². The molecule has 0 amide bonds. The zero-order valence-electron chi connectivity index (χ0n) is 8.22. The van der Waals surface area contributed by atoms with Crippen LogP contribution in [0.25, 0.3) is 0 Å². The van der Waals surface area contributed by atoms with Crippen molar-refractivity contribution in [3.05, 3.63) is 34.9 Å². The predicted molar refractivity (Wildman–Crippen MR) is 55.7 cm³/mol.